The molecule has 1 aliphatic rings. The summed E-state index contributed by atoms with van der Waals surface area (Å²) in [5.41, 5.74) is 14.7. The number of aryl methyl sites for hydroxylation is 1. The van der Waals surface area contributed by atoms with Gasteiger partial charge in [-0.2, -0.15) is 0 Å². The van der Waals surface area contributed by atoms with Crippen molar-refractivity contribution >= 4 is 21.6 Å². The van der Waals surface area contributed by atoms with E-state index in [0.717, 1.165) is 35.8 Å². The monoisotopic (exact) mass is 302 g/mol. The zero-order valence-corrected chi connectivity index (χ0v) is 13.2. The highest BCUT2D eigenvalue weighted by Gasteiger charge is 2.17. The molecule has 0 aliphatic heterocycles. The van der Waals surface area contributed by atoms with E-state index in [1.54, 1.807) is 11.3 Å². The van der Waals surface area contributed by atoms with Crippen molar-refractivity contribution in [2.45, 2.75) is 32.7 Å². The molecular formula is C16H22N4S. The number of nitrogens with one attached hydrogen (secondary N) is 1. The van der Waals surface area contributed by atoms with Crippen LogP contribution >= 0.6 is 11.3 Å². The summed E-state index contributed by atoms with van der Waals surface area (Å²) in [6.07, 6.45) is 5.07. The number of hydrogen-bond acceptors (Lipinski definition) is 5. The topological polar surface area (TPSA) is 77.0 Å². The third kappa shape index (κ3) is 3.04. The van der Waals surface area contributed by atoms with Crippen molar-refractivity contribution in [3.63, 3.8) is 0 Å². The molecule has 0 fully saturated rings. The van der Waals surface area contributed by atoms with Crippen LogP contribution in [0.4, 0.5) is 0 Å². The number of hydrogen-bond donors (Lipinski definition) is 3. The van der Waals surface area contributed by atoms with E-state index in [-0.39, 0.29) is 0 Å². The van der Waals surface area contributed by atoms with Gasteiger partial charge in [0.05, 0.1) is 0 Å². The highest BCUT2D eigenvalue weighted by Crippen LogP contribution is 2.31. The molecule has 1 atom stereocenters. The van der Waals surface area contributed by atoms with Crippen LogP contribution < -0.4 is 16.8 Å². The fourth-order valence-electron chi connectivity index (χ4n) is 2.84. The van der Waals surface area contributed by atoms with E-state index in [4.69, 9.17) is 16.5 Å². The van der Waals surface area contributed by atoms with Crippen molar-refractivity contribution in [3.05, 3.63) is 40.2 Å². The summed E-state index contributed by atoms with van der Waals surface area (Å²) >= 11 is 1.75. The van der Waals surface area contributed by atoms with Crippen LogP contribution in [0.15, 0.2) is 24.0 Å². The second-order valence-corrected chi connectivity index (χ2v) is 6.91. The molecule has 5 N–H and O–H groups in total. The van der Waals surface area contributed by atoms with E-state index in [9.17, 15) is 0 Å². The average molecular weight is 302 g/mol. The van der Waals surface area contributed by atoms with Gasteiger partial charge in [-0.15, -0.1) is 11.3 Å². The van der Waals surface area contributed by atoms with Gasteiger partial charge in [-0.05, 0) is 42.9 Å². The van der Waals surface area contributed by atoms with E-state index < -0.39 is 0 Å². The molecule has 2 aromatic rings. The van der Waals surface area contributed by atoms with Crippen molar-refractivity contribution in [2.75, 3.05) is 6.54 Å². The minimum atomic E-state index is 0.436. The molecule has 2 heterocycles. The number of nitrogens with zero attached hydrogens (tertiary/aromatic N) is 1. The Balaban J connectivity index is 1.83. The molecule has 1 aliphatic carbocycles. The summed E-state index contributed by atoms with van der Waals surface area (Å²) in [4.78, 5) is 7.27. The van der Waals surface area contributed by atoms with Crippen LogP contribution in [0, 0.1) is 5.92 Å². The Kier molecular flexibility index (Phi) is 4.12. The molecule has 2 aromatic heterocycles. The molecular weight excluding hydrogens is 280 g/mol. The van der Waals surface area contributed by atoms with Gasteiger partial charge in [0, 0.05) is 40.9 Å². The summed E-state index contributed by atoms with van der Waals surface area (Å²) in [6.45, 7) is 3.51. The predicted molar refractivity (Wildman–Crippen MR) is 89.0 cm³/mol. The van der Waals surface area contributed by atoms with Gasteiger partial charge in [0.25, 0.3) is 0 Å². The summed E-state index contributed by atoms with van der Waals surface area (Å²) in [5.74, 6) is 0.776. The number of fused-ring (bicyclic) bond motifs is 2. The molecule has 21 heavy (non-hydrogen) atoms. The lowest BCUT2D eigenvalue weighted by molar-refractivity contribution is 0.495. The summed E-state index contributed by atoms with van der Waals surface area (Å²) < 4.78 is 0. The van der Waals surface area contributed by atoms with Gasteiger partial charge in [0.2, 0.25) is 0 Å². The van der Waals surface area contributed by atoms with E-state index in [1.165, 1.54) is 34.1 Å². The Morgan fingerprint density at radius 3 is 3.14 bits per heavy atom. The maximum absolute atomic E-state index is 5.60. The van der Waals surface area contributed by atoms with Crippen molar-refractivity contribution in [3.8, 4) is 0 Å². The van der Waals surface area contributed by atoms with Crippen molar-refractivity contribution in [1.82, 2.24) is 10.3 Å². The minimum Gasteiger partial charge on any atom is -0.403 e. The molecule has 0 bridgehead atoms. The molecule has 0 spiro atoms. The summed E-state index contributed by atoms with van der Waals surface area (Å²) in [5, 5.41) is 4.53. The molecule has 1 unspecified atom stereocenters. The smallest absolute Gasteiger partial charge is 0.123 e. The highest BCUT2D eigenvalue weighted by atomic mass is 32.1. The Morgan fingerprint density at radius 2 is 2.38 bits per heavy atom. The fraction of sp³-hybridized carbons (Fsp3) is 0.438. The van der Waals surface area contributed by atoms with Gasteiger partial charge in [-0.25, -0.2) is 4.98 Å². The van der Waals surface area contributed by atoms with E-state index in [1.807, 2.05) is 0 Å². The van der Waals surface area contributed by atoms with Crippen LogP contribution in [0.1, 0.15) is 29.5 Å². The first-order chi connectivity index (χ1) is 10.2. The molecule has 0 amide bonds. The molecule has 4 nitrogen and oxygen atoms in total. The Labute approximate surface area is 129 Å². The lowest BCUT2D eigenvalue weighted by Crippen LogP contribution is -2.20. The van der Waals surface area contributed by atoms with Crippen LogP contribution in [-0.4, -0.2) is 11.5 Å². The summed E-state index contributed by atoms with van der Waals surface area (Å²) in [7, 11) is 0. The van der Waals surface area contributed by atoms with Crippen LogP contribution in [0.2, 0.25) is 0 Å². The Morgan fingerprint density at radius 1 is 1.52 bits per heavy atom. The number of nitrogens with two attached hydrogens (primary N) is 2. The van der Waals surface area contributed by atoms with Gasteiger partial charge >= 0.3 is 0 Å². The van der Waals surface area contributed by atoms with Crippen LogP contribution in [0.5, 0.6) is 0 Å². The third-order valence-electron chi connectivity index (χ3n) is 4.08. The third-order valence-corrected chi connectivity index (χ3v) is 5.13. The van der Waals surface area contributed by atoms with Crippen molar-refractivity contribution in [1.29, 1.82) is 0 Å². The first-order valence-electron chi connectivity index (χ1n) is 7.45. The molecule has 112 valence electrons. The largest absolute Gasteiger partial charge is 0.403 e. The zero-order chi connectivity index (χ0) is 14.8. The normalized spacial score (nSPS) is 18.8. The maximum Gasteiger partial charge on any atom is 0.123 e. The predicted octanol–water partition coefficient (Wildman–Crippen LogP) is 2.27. The number of thiophene rings is 1. The Hall–Kier alpha value is -1.59. The van der Waals surface area contributed by atoms with E-state index >= 15 is 0 Å². The maximum atomic E-state index is 5.60. The SMILES string of the molecule is CC1CCc2nc3sc(CN/C(=C\N)CN)cc3cc2C1. The second kappa shape index (κ2) is 6.03. The minimum absolute atomic E-state index is 0.436. The van der Waals surface area contributed by atoms with Gasteiger partial charge in [-0.3, -0.25) is 0 Å². The second-order valence-electron chi connectivity index (χ2n) is 5.80. The number of pyridine rings is 1. The average Bonchev–Trinajstić information content (AvgIpc) is 2.87. The van der Waals surface area contributed by atoms with Crippen molar-refractivity contribution in [2.24, 2.45) is 17.4 Å². The van der Waals surface area contributed by atoms with Gasteiger partial charge in [-0.1, -0.05) is 6.92 Å². The molecule has 3 rings (SSSR count). The zero-order valence-electron chi connectivity index (χ0n) is 12.4. The van der Waals surface area contributed by atoms with Gasteiger partial charge in [0.15, 0.2) is 0 Å². The van der Waals surface area contributed by atoms with Crippen molar-refractivity contribution < 1.29 is 0 Å². The fourth-order valence-corrected chi connectivity index (χ4v) is 3.81. The van der Waals surface area contributed by atoms with Crippen LogP contribution in [-0.2, 0) is 19.4 Å². The van der Waals surface area contributed by atoms with E-state index in [2.05, 4.69) is 24.4 Å². The summed E-state index contributed by atoms with van der Waals surface area (Å²) in [6, 6.07) is 4.56. The van der Waals surface area contributed by atoms with E-state index in [0.29, 0.717) is 6.54 Å². The lowest BCUT2D eigenvalue weighted by atomic mass is 9.88. The molecule has 0 radical (unpaired) electrons. The van der Waals surface area contributed by atoms with Gasteiger partial charge < -0.3 is 16.8 Å². The molecule has 5 heteroatoms. The lowest BCUT2D eigenvalue weighted by Gasteiger charge is -2.20. The molecule has 0 saturated carbocycles. The van der Waals surface area contributed by atoms with Crippen LogP contribution in [0.25, 0.3) is 10.2 Å². The molecule has 0 saturated heterocycles. The first-order valence-corrected chi connectivity index (χ1v) is 8.27. The number of rotatable bonds is 4. The van der Waals surface area contributed by atoms with Crippen LogP contribution in [0.3, 0.4) is 0 Å². The quantitative estimate of drug-likeness (QED) is 0.809. The standard InChI is InChI=1S/C16H22N4S/c1-10-2-3-15-11(4-10)5-12-6-14(21-16(12)20-15)9-19-13(7-17)8-18/h5-7,10,19H,2-4,8-9,17-18H2,1H3/b13-7-. The highest BCUT2D eigenvalue weighted by molar-refractivity contribution is 7.18. The Bertz CT molecular complexity index is 674. The first kappa shape index (κ1) is 14.4. The van der Waals surface area contributed by atoms with Gasteiger partial charge in [0.1, 0.15) is 4.83 Å². The number of aromatic nitrogens is 1. The molecule has 0 aromatic carbocycles.